The Bertz CT molecular complexity index is 482. The van der Waals surface area contributed by atoms with Crippen molar-refractivity contribution in [1.29, 1.82) is 0 Å². The van der Waals surface area contributed by atoms with Gasteiger partial charge in [-0.3, -0.25) is 4.79 Å². The molecule has 0 atom stereocenters. The Kier molecular flexibility index (Phi) is 7.43. The van der Waals surface area contributed by atoms with Gasteiger partial charge in [-0.05, 0) is 24.1 Å². The zero-order valence-corrected chi connectivity index (χ0v) is 14.4. The largest absolute Gasteiger partial charge is 0.352 e. The van der Waals surface area contributed by atoms with Crippen molar-refractivity contribution in [3.05, 3.63) is 35.4 Å². The minimum atomic E-state index is -0.00854. The maximum absolute atomic E-state index is 11.9. The molecule has 0 heterocycles. The second kappa shape index (κ2) is 9.07. The summed E-state index contributed by atoms with van der Waals surface area (Å²) >= 11 is 0. The zero-order valence-electron chi connectivity index (χ0n) is 14.4. The summed E-state index contributed by atoms with van der Waals surface area (Å²) in [4.78, 5) is 20.5. The Morgan fingerprint density at radius 3 is 2.18 bits per heavy atom. The lowest BCUT2D eigenvalue weighted by Gasteiger charge is -2.22. The fourth-order valence-electron chi connectivity index (χ4n) is 2.09. The molecule has 1 rings (SSSR count). The summed E-state index contributed by atoms with van der Waals surface area (Å²) < 4.78 is 0. The third-order valence-corrected chi connectivity index (χ3v) is 3.24. The Hall–Kier alpha value is -2.04. The number of nitrogens with zero attached hydrogens (tertiary/aromatic N) is 3. The average molecular weight is 304 g/mol. The molecule has 0 saturated carbocycles. The van der Waals surface area contributed by atoms with Crippen LogP contribution in [0.1, 0.15) is 35.7 Å². The highest BCUT2D eigenvalue weighted by atomic mass is 16.1. The molecule has 122 valence electrons. The van der Waals surface area contributed by atoms with E-state index < -0.39 is 0 Å². The van der Waals surface area contributed by atoms with E-state index >= 15 is 0 Å². The molecule has 1 amide bonds. The van der Waals surface area contributed by atoms with Crippen molar-refractivity contribution in [3.8, 4) is 0 Å². The number of carbonyl (C=O) groups excluding carboxylic acids is 1. The van der Waals surface area contributed by atoms with Gasteiger partial charge in [0.2, 0.25) is 0 Å². The van der Waals surface area contributed by atoms with Gasteiger partial charge in [0, 0.05) is 40.3 Å². The van der Waals surface area contributed by atoms with Gasteiger partial charge in [0.1, 0.15) is 0 Å². The van der Waals surface area contributed by atoms with Crippen molar-refractivity contribution in [1.82, 2.24) is 15.1 Å². The Balaban J connectivity index is 2.65. The molecule has 0 spiro atoms. The van der Waals surface area contributed by atoms with Crippen LogP contribution in [0.5, 0.6) is 0 Å². The van der Waals surface area contributed by atoms with Crippen LogP contribution >= 0.6 is 0 Å². The summed E-state index contributed by atoms with van der Waals surface area (Å²) in [5.41, 5.74) is 1.79. The van der Waals surface area contributed by atoms with E-state index in [1.807, 2.05) is 62.3 Å². The molecule has 0 fully saturated rings. The Morgan fingerprint density at radius 2 is 1.68 bits per heavy atom. The van der Waals surface area contributed by atoms with Crippen LogP contribution in [0.25, 0.3) is 0 Å². The van der Waals surface area contributed by atoms with E-state index in [0.29, 0.717) is 12.1 Å². The molecule has 22 heavy (non-hydrogen) atoms. The Labute approximate surface area is 134 Å². The van der Waals surface area contributed by atoms with Gasteiger partial charge in [0.25, 0.3) is 5.91 Å². The second-order valence-electron chi connectivity index (χ2n) is 5.71. The normalized spacial score (nSPS) is 10.0. The molecule has 0 saturated heterocycles. The smallest absolute Gasteiger partial charge is 0.251 e. The quantitative estimate of drug-likeness (QED) is 0.498. The maximum atomic E-state index is 11.9. The van der Waals surface area contributed by atoms with Gasteiger partial charge >= 0.3 is 0 Å². The predicted octanol–water partition coefficient (Wildman–Crippen LogP) is 2.20. The molecule has 0 radical (unpaired) electrons. The fraction of sp³-hybridized carbons (Fsp3) is 0.529. The van der Waals surface area contributed by atoms with E-state index in [1.165, 1.54) is 0 Å². The molecule has 5 heteroatoms. The molecule has 0 aromatic heterocycles. The van der Waals surface area contributed by atoms with Crippen molar-refractivity contribution < 1.29 is 4.79 Å². The van der Waals surface area contributed by atoms with Crippen molar-refractivity contribution in [2.24, 2.45) is 4.99 Å². The number of unbranched alkanes of at least 4 members (excludes halogenated alkanes) is 1. The summed E-state index contributed by atoms with van der Waals surface area (Å²) in [6, 6.07) is 7.64. The summed E-state index contributed by atoms with van der Waals surface area (Å²) in [7, 11) is 7.90. The van der Waals surface area contributed by atoms with Gasteiger partial charge in [-0.1, -0.05) is 25.5 Å². The van der Waals surface area contributed by atoms with Crippen molar-refractivity contribution in [3.63, 3.8) is 0 Å². The number of carbonyl (C=O) groups is 1. The standard InChI is InChI=1S/C17H28N4O/c1-6-7-12-18-16(22)15-10-8-14(9-11-15)13-19-17(20(2)3)21(4)5/h8-11H,6-7,12-13H2,1-5H3,(H,18,22). The van der Waals surface area contributed by atoms with Gasteiger partial charge in [-0.2, -0.15) is 0 Å². The number of nitrogens with one attached hydrogen (secondary N) is 1. The highest BCUT2D eigenvalue weighted by Crippen LogP contribution is 2.07. The van der Waals surface area contributed by atoms with Crippen LogP contribution in [0, 0.1) is 0 Å². The predicted molar refractivity (Wildman–Crippen MR) is 92.2 cm³/mol. The van der Waals surface area contributed by atoms with E-state index in [0.717, 1.165) is 30.9 Å². The van der Waals surface area contributed by atoms with Crippen molar-refractivity contribution in [2.75, 3.05) is 34.7 Å². The van der Waals surface area contributed by atoms with E-state index in [4.69, 9.17) is 0 Å². The van der Waals surface area contributed by atoms with E-state index in [-0.39, 0.29) is 5.91 Å². The summed E-state index contributed by atoms with van der Waals surface area (Å²) in [5.74, 6) is 0.909. The highest BCUT2D eigenvalue weighted by molar-refractivity contribution is 5.94. The topological polar surface area (TPSA) is 47.9 Å². The molecule has 0 aliphatic carbocycles. The van der Waals surface area contributed by atoms with E-state index in [2.05, 4.69) is 17.2 Å². The number of aliphatic imine (C=N–C) groups is 1. The van der Waals surface area contributed by atoms with Crippen LogP contribution < -0.4 is 5.32 Å². The first kappa shape index (κ1) is 18.0. The van der Waals surface area contributed by atoms with E-state index in [9.17, 15) is 4.79 Å². The van der Waals surface area contributed by atoms with Gasteiger partial charge in [-0.15, -0.1) is 0 Å². The van der Waals surface area contributed by atoms with Crippen LogP contribution in [-0.4, -0.2) is 56.4 Å². The third kappa shape index (κ3) is 5.76. The minimum absolute atomic E-state index is 0.00854. The maximum Gasteiger partial charge on any atom is 0.251 e. The number of amides is 1. The molecule has 1 N–H and O–H groups in total. The molecule has 0 unspecified atom stereocenters. The SMILES string of the molecule is CCCCNC(=O)c1ccc(CN=C(N(C)C)N(C)C)cc1. The molecule has 1 aromatic rings. The summed E-state index contributed by atoms with van der Waals surface area (Å²) in [5, 5.41) is 2.92. The van der Waals surface area contributed by atoms with Crippen LogP contribution in [0.4, 0.5) is 0 Å². The Morgan fingerprint density at radius 1 is 1.09 bits per heavy atom. The minimum Gasteiger partial charge on any atom is -0.352 e. The molecule has 5 nitrogen and oxygen atoms in total. The van der Waals surface area contributed by atoms with Crippen LogP contribution in [-0.2, 0) is 6.54 Å². The van der Waals surface area contributed by atoms with Crippen molar-refractivity contribution in [2.45, 2.75) is 26.3 Å². The van der Waals surface area contributed by atoms with Crippen LogP contribution in [0.15, 0.2) is 29.3 Å². The number of rotatable bonds is 6. The second-order valence-corrected chi connectivity index (χ2v) is 5.71. The molecule has 0 aliphatic rings. The van der Waals surface area contributed by atoms with Gasteiger partial charge < -0.3 is 15.1 Å². The summed E-state index contributed by atoms with van der Waals surface area (Å²) in [6.45, 7) is 3.44. The lowest BCUT2D eigenvalue weighted by atomic mass is 10.1. The number of hydrogen-bond acceptors (Lipinski definition) is 2. The van der Waals surface area contributed by atoms with Gasteiger partial charge in [0.15, 0.2) is 5.96 Å². The first-order valence-electron chi connectivity index (χ1n) is 7.72. The van der Waals surface area contributed by atoms with Crippen LogP contribution in [0.2, 0.25) is 0 Å². The monoisotopic (exact) mass is 304 g/mol. The lowest BCUT2D eigenvalue weighted by Crippen LogP contribution is -2.35. The lowest BCUT2D eigenvalue weighted by molar-refractivity contribution is 0.0953. The molecular weight excluding hydrogens is 276 g/mol. The molecule has 0 aliphatic heterocycles. The highest BCUT2D eigenvalue weighted by Gasteiger charge is 2.06. The fourth-order valence-corrected chi connectivity index (χ4v) is 2.09. The number of hydrogen-bond donors (Lipinski definition) is 1. The molecule has 0 bridgehead atoms. The van der Waals surface area contributed by atoms with Gasteiger partial charge in [0.05, 0.1) is 6.54 Å². The number of guanidine groups is 1. The van der Waals surface area contributed by atoms with Crippen molar-refractivity contribution >= 4 is 11.9 Å². The summed E-state index contributed by atoms with van der Waals surface area (Å²) in [6.07, 6.45) is 2.09. The third-order valence-electron chi connectivity index (χ3n) is 3.24. The van der Waals surface area contributed by atoms with Crippen LogP contribution in [0.3, 0.4) is 0 Å². The first-order chi connectivity index (χ1) is 10.5. The number of benzene rings is 1. The van der Waals surface area contributed by atoms with E-state index in [1.54, 1.807) is 0 Å². The zero-order chi connectivity index (χ0) is 16.5. The van der Waals surface area contributed by atoms with Gasteiger partial charge in [-0.25, -0.2) is 4.99 Å². The average Bonchev–Trinajstić information content (AvgIpc) is 2.47. The first-order valence-corrected chi connectivity index (χ1v) is 7.72. The molecular formula is C17H28N4O. The molecule has 1 aromatic carbocycles.